The summed E-state index contributed by atoms with van der Waals surface area (Å²) < 4.78 is 6.16. The van der Waals surface area contributed by atoms with Crippen LogP contribution in [0.4, 0.5) is 5.13 Å². The van der Waals surface area contributed by atoms with E-state index >= 15 is 0 Å². The zero-order valence-corrected chi connectivity index (χ0v) is 18.8. The molecule has 3 N–H and O–H groups in total. The van der Waals surface area contributed by atoms with Crippen LogP contribution in [0.3, 0.4) is 0 Å². The number of nitrogens with one attached hydrogen (secondary N) is 1. The number of aromatic hydroxyl groups is 1. The number of carbonyl (C=O) groups is 2. The molecule has 1 spiro atoms. The lowest BCUT2D eigenvalue weighted by Gasteiger charge is -2.63. The van der Waals surface area contributed by atoms with Crippen LogP contribution in [0.2, 0.25) is 0 Å². The van der Waals surface area contributed by atoms with Gasteiger partial charge in [-0.2, -0.15) is 0 Å². The largest absolute Gasteiger partial charge is 0.504 e. The second kappa shape index (κ2) is 6.55. The van der Waals surface area contributed by atoms with Crippen molar-refractivity contribution in [3.63, 3.8) is 0 Å². The summed E-state index contributed by atoms with van der Waals surface area (Å²) in [6.07, 6.45) is 4.24. The topological polar surface area (TPSA) is 112 Å². The number of carbonyl (C=O) groups excluding carboxylic acids is 2. The first kappa shape index (κ1) is 19.9. The van der Waals surface area contributed by atoms with E-state index in [9.17, 15) is 19.8 Å². The van der Waals surface area contributed by atoms with E-state index in [1.807, 2.05) is 6.07 Å². The minimum atomic E-state index is -1.31. The van der Waals surface area contributed by atoms with E-state index in [0.717, 1.165) is 24.2 Å². The monoisotopic (exact) mass is 467 g/mol. The van der Waals surface area contributed by atoms with E-state index in [2.05, 4.69) is 15.2 Å². The van der Waals surface area contributed by atoms with Gasteiger partial charge in [0.25, 0.3) is 0 Å². The third-order valence-corrected chi connectivity index (χ3v) is 9.30. The number of ether oxygens (including phenoxy) is 1. The molecule has 9 heteroatoms. The number of phenols is 1. The Morgan fingerprint density at radius 2 is 2.21 bits per heavy atom. The van der Waals surface area contributed by atoms with Crippen molar-refractivity contribution in [2.24, 2.45) is 11.8 Å². The fourth-order valence-corrected chi connectivity index (χ4v) is 7.53. The summed E-state index contributed by atoms with van der Waals surface area (Å²) in [7, 11) is 0. The van der Waals surface area contributed by atoms with Crippen molar-refractivity contribution >= 4 is 28.2 Å². The SMILES string of the molecule is O=C(Nc1nccs1)C1C[C@@]2(O)[C@H]3Cc4ccc(O)c5c4[C@@]2(CCN3CC2CC2)[C@@H](O5)C1=O. The third kappa shape index (κ3) is 2.50. The first-order valence-electron chi connectivity index (χ1n) is 11.6. The second-order valence-corrected chi connectivity index (χ2v) is 11.1. The number of phenolic OH excluding ortho intramolecular Hbond substituents is 1. The minimum Gasteiger partial charge on any atom is -0.504 e. The predicted octanol–water partition coefficient (Wildman–Crippen LogP) is 1.85. The molecule has 1 saturated heterocycles. The van der Waals surface area contributed by atoms with Crippen LogP contribution in [0.1, 0.15) is 36.8 Å². The number of hydrogen-bond acceptors (Lipinski definition) is 8. The van der Waals surface area contributed by atoms with E-state index in [4.69, 9.17) is 4.74 Å². The van der Waals surface area contributed by atoms with Crippen molar-refractivity contribution < 1.29 is 24.5 Å². The molecule has 3 fully saturated rings. The maximum Gasteiger partial charge on any atom is 0.237 e. The molecule has 8 nitrogen and oxygen atoms in total. The molecule has 1 aromatic heterocycles. The van der Waals surface area contributed by atoms with Crippen LogP contribution < -0.4 is 10.1 Å². The lowest BCUT2D eigenvalue weighted by Crippen LogP contribution is -2.78. The van der Waals surface area contributed by atoms with Gasteiger partial charge < -0.3 is 20.3 Å². The van der Waals surface area contributed by atoms with E-state index < -0.39 is 28.9 Å². The zero-order chi connectivity index (χ0) is 22.5. The summed E-state index contributed by atoms with van der Waals surface area (Å²) in [4.78, 5) is 33.4. The summed E-state index contributed by atoms with van der Waals surface area (Å²) in [5, 5.41) is 28.0. The summed E-state index contributed by atoms with van der Waals surface area (Å²) in [6, 6.07) is 3.31. The number of likely N-dealkylation sites (tertiary alicyclic amines) is 1. The smallest absolute Gasteiger partial charge is 0.237 e. The predicted molar refractivity (Wildman–Crippen MR) is 119 cm³/mol. The third-order valence-electron chi connectivity index (χ3n) is 8.61. The van der Waals surface area contributed by atoms with Gasteiger partial charge in [-0.3, -0.25) is 14.5 Å². The van der Waals surface area contributed by atoms with Gasteiger partial charge in [0.1, 0.15) is 5.92 Å². The molecule has 2 saturated carbocycles. The molecular formula is C24H25N3O5S. The number of thiazole rings is 1. The van der Waals surface area contributed by atoms with E-state index in [1.54, 1.807) is 17.6 Å². The number of aromatic nitrogens is 1. The van der Waals surface area contributed by atoms with E-state index in [0.29, 0.717) is 29.6 Å². The number of aliphatic hydroxyl groups is 1. The number of anilines is 1. The number of Topliss-reactive ketones (excluding diaryl/α,β-unsaturated/α-hetero) is 1. The molecule has 2 bridgehead atoms. The van der Waals surface area contributed by atoms with Crippen LogP contribution in [0.5, 0.6) is 11.5 Å². The molecule has 1 unspecified atom stereocenters. The fraction of sp³-hybridized carbons (Fsp3) is 0.542. The molecule has 5 atom stereocenters. The van der Waals surface area contributed by atoms with Crippen molar-refractivity contribution in [3.05, 3.63) is 34.8 Å². The first-order chi connectivity index (χ1) is 15.9. The average molecular weight is 468 g/mol. The van der Waals surface area contributed by atoms with Crippen molar-refractivity contribution in [1.82, 2.24) is 9.88 Å². The number of piperidine rings is 1. The molecule has 33 heavy (non-hydrogen) atoms. The van der Waals surface area contributed by atoms with Gasteiger partial charge in [0.05, 0.1) is 11.0 Å². The maximum atomic E-state index is 13.7. The zero-order valence-electron chi connectivity index (χ0n) is 18.0. The Kier molecular flexibility index (Phi) is 3.96. The second-order valence-electron chi connectivity index (χ2n) is 10.2. The van der Waals surface area contributed by atoms with Crippen LogP contribution in [-0.2, 0) is 21.4 Å². The van der Waals surface area contributed by atoms with Crippen LogP contribution >= 0.6 is 11.3 Å². The Balaban J connectivity index is 1.35. The number of nitrogens with zero attached hydrogens (tertiary/aromatic N) is 2. The molecule has 0 radical (unpaired) electrons. The molecule has 2 aliphatic heterocycles. The lowest BCUT2D eigenvalue weighted by atomic mass is 9.47. The van der Waals surface area contributed by atoms with E-state index in [1.165, 1.54) is 24.2 Å². The molecule has 5 aliphatic rings. The van der Waals surface area contributed by atoms with Crippen molar-refractivity contribution in [2.75, 3.05) is 18.4 Å². The highest BCUT2D eigenvalue weighted by Crippen LogP contribution is 2.65. The van der Waals surface area contributed by atoms with Crippen molar-refractivity contribution in [1.29, 1.82) is 0 Å². The Morgan fingerprint density at radius 1 is 1.36 bits per heavy atom. The molecular weight excluding hydrogens is 442 g/mol. The standard InChI is InChI=1S/C24H25N3O5S/c28-15-4-3-13-9-16-24(31)10-14(21(30)26-22-25-6-8-33-22)18(29)20-23(24,17(13)19(15)32-20)5-7-27(16)11-12-1-2-12/h3-4,6,8,12,14,16,20,28,31H,1-2,5,7,9-11H2,(H,25,26,30)/t14?,16-,20+,23+,24-/m1/s1. The molecule has 1 aromatic carbocycles. The number of rotatable bonds is 4. The van der Waals surface area contributed by atoms with E-state index in [-0.39, 0.29) is 24.0 Å². The summed E-state index contributed by atoms with van der Waals surface area (Å²) in [6.45, 7) is 1.69. The van der Waals surface area contributed by atoms with Crippen LogP contribution in [0, 0.1) is 11.8 Å². The normalized spacial score (nSPS) is 36.3. The highest BCUT2D eigenvalue weighted by Gasteiger charge is 2.75. The quantitative estimate of drug-likeness (QED) is 0.589. The van der Waals surface area contributed by atoms with Gasteiger partial charge in [-0.15, -0.1) is 11.3 Å². The number of benzene rings is 1. The molecule has 1 amide bonds. The Morgan fingerprint density at radius 3 is 2.97 bits per heavy atom. The van der Waals surface area contributed by atoms with Gasteiger partial charge in [0.2, 0.25) is 5.91 Å². The molecule has 3 aliphatic carbocycles. The molecule has 3 heterocycles. The van der Waals surface area contributed by atoms with Crippen LogP contribution in [0.15, 0.2) is 23.7 Å². The molecule has 2 aromatic rings. The van der Waals surface area contributed by atoms with Gasteiger partial charge in [0.15, 0.2) is 28.5 Å². The average Bonchev–Trinajstić information content (AvgIpc) is 3.31. The Bertz CT molecular complexity index is 1180. The van der Waals surface area contributed by atoms with Crippen LogP contribution in [-0.4, -0.2) is 62.6 Å². The number of ketones is 1. The van der Waals surface area contributed by atoms with Gasteiger partial charge in [0, 0.05) is 29.7 Å². The molecule has 172 valence electrons. The van der Waals surface area contributed by atoms with Crippen molar-refractivity contribution in [3.8, 4) is 11.5 Å². The summed E-state index contributed by atoms with van der Waals surface area (Å²) in [5.41, 5.74) is -0.437. The summed E-state index contributed by atoms with van der Waals surface area (Å²) in [5.74, 6) is -0.886. The maximum absolute atomic E-state index is 13.7. The highest BCUT2D eigenvalue weighted by molar-refractivity contribution is 7.13. The van der Waals surface area contributed by atoms with Gasteiger partial charge in [-0.25, -0.2) is 4.98 Å². The van der Waals surface area contributed by atoms with Gasteiger partial charge >= 0.3 is 0 Å². The minimum absolute atomic E-state index is 0.0182. The van der Waals surface area contributed by atoms with Crippen LogP contribution in [0.25, 0.3) is 0 Å². The lowest BCUT2D eigenvalue weighted by molar-refractivity contribution is -0.197. The highest BCUT2D eigenvalue weighted by atomic mass is 32.1. The Labute approximate surface area is 194 Å². The fourth-order valence-electron chi connectivity index (χ4n) is 7.00. The first-order valence-corrected chi connectivity index (χ1v) is 12.5. The summed E-state index contributed by atoms with van der Waals surface area (Å²) >= 11 is 1.28. The Hall–Kier alpha value is -2.49. The number of hydrogen-bond donors (Lipinski definition) is 3. The van der Waals surface area contributed by atoms with Crippen molar-refractivity contribution in [2.45, 2.75) is 55.3 Å². The van der Waals surface area contributed by atoms with Gasteiger partial charge in [-0.1, -0.05) is 6.07 Å². The number of amides is 1. The van der Waals surface area contributed by atoms with Gasteiger partial charge in [-0.05, 0) is 56.2 Å². The molecule has 7 rings (SSSR count).